The number of nitrogens with one attached hydrogen (secondary N) is 3. The summed E-state index contributed by atoms with van der Waals surface area (Å²) in [4.78, 5) is 29.9. The molecule has 0 bridgehead atoms. The van der Waals surface area contributed by atoms with Crippen LogP contribution in [0.1, 0.15) is 0 Å². The molecule has 0 fully saturated rings. The van der Waals surface area contributed by atoms with Gasteiger partial charge in [-0.1, -0.05) is 11.6 Å². The fourth-order valence-electron chi connectivity index (χ4n) is 1.15. The van der Waals surface area contributed by atoms with Crippen LogP contribution in [0.5, 0.6) is 0 Å². The Labute approximate surface area is 87.1 Å². The van der Waals surface area contributed by atoms with E-state index >= 15 is 0 Å². The lowest BCUT2D eigenvalue weighted by atomic mass is 10.4. The summed E-state index contributed by atoms with van der Waals surface area (Å²) in [7, 11) is 0. The molecule has 2 aromatic rings. The fraction of sp³-hybridized carbons (Fsp3) is 0. The second-order valence-electron chi connectivity index (χ2n) is 2.72. The maximum atomic E-state index is 10.9. The molecular formula is C7H5ClN4O3. The number of anilines is 1. The molecular weight excluding hydrogens is 224 g/mol. The van der Waals surface area contributed by atoms with Gasteiger partial charge in [0.1, 0.15) is 11.3 Å². The third kappa shape index (κ3) is 1.77. The van der Waals surface area contributed by atoms with Crippen molar-refractivity contribution in [3.05, 3.63) is 21.6 Å². The standard InChI is InChI=1S/C7H5ClN4O3/c8-2-1-3(10-7(14)15)9-5-4(2)11-6(13)12-5/h1H,(H,14,15)(H3,9,10,11,12,13). The number of imidazole rings is 1. The van der Waals surface area contributed by atoms with Gasteiger partial charge in [0.25, 0.3) is 0 Å². The molecule has 0 atom stereocenters. The molecule has 15 heavy (non-hydrogen) atoms. The van der Waals surface area contributed by atoms with Crippen molar-refractivity contribution in [1.82, 2.24) is 15.0 Å². The number of rotatable bonds is 1. The van der Waals surface area contributed by atoms with Crippen LogP contribution < -0.4 is 11.0 Å². The second-order valence-corrected chi connectivity index (χ2v) is 3.13. The number of hydrogen-bond donors (Lipinski definition) is 4. The molecule has 78 valence electrons. The highest BCUT2D eigenvalue weighted by Gasteiger charge is 2.08. The smallest absolute Gasteiger partial charge is 0.410 e. The average Bonchev–Trinajstić information content (AvgIpc) is 2.44. The molecule has 0 aliphatic heterocycles. The van der Waals surface area contributed by atoms with Crippen LogP contribution >= 0.6 is 11.6 Å². The lowest BCUT2D eigenvalue weighted by Crippen LogP contribution is -2.08. The number of H-pyrrole nitrogens is 2. The highest BCUT2D eigenvalue weighted by molar-refractivity contribution is 6.35. The van der Waals surface area contributed by atoms with Crippen molar-refractivity contribution in [2.24, 2.45) is 0 Å². The van der Waals surface area contributed by atoms with Crippen molar-refractivity contribution in [3.8, 4) is 0 Å². The zero-order valence-corrected chi connectivity index (χ0v) is 7.92. The fourth-order valence-corrected chi connectivity index (χ4v) is 1.39. The van der Waals surface area contributed by atoms with E-state index in [0.717, 1.165) is 0 Å². The van der Waals surface area contributed by atoms with Crippen LogP contribution in [0.25, 0.3) is 11.2 Å². The maximum absolute atomic E-state index is 10.9. The first kappa shape index (κ1) is 9.53. The largest absolute Gasteiger partial charge is 0.465 e. The predicted molar refractivity (Wildman–Crippen MR) is 53.4 cm³/mol. The Morgan fingerprint density at radius 3 is 2.93 bits per heavy atom. The second kappa shape index (κ2) is 3.28. The molecule has 2 rings (SSSR count). The van der Waals surface area contributed by atoms with Gasteiger partial charge in [-0.25, -0.2) is 14.6 Å². The van der Waals surface area contributed by atoms with Crippen LogP contribution in [-0.4, -0.2) is 26.2 Å². The molecule has 2 heterocycles. The number of carboxylic acid groups (broad SMARTS) is 1. The van der Waals surface area contributed by atoms with E-state index in [9.17, 15) is 9.59 Å². The first-order valence-corrected chi connectivity index (χ1v) is 4.22. The number of amides is 1. The van der Waals surface area contributed by atoms with E-state index in [-0.39, 0.29) is 16.5 Å². The van der Waals surface area contributed by atoms with Crippen LogP contribution in [0.4, 0.5) is 10.6 Å². The quantitative estimate of drug-likeness (QED) is 0.583. The van der Waals surface area contributed by atoms with E-state index in [0.29, 0.717) is 5.52 Å². The zero-order valence-electron chi connectivity index (χ0n) is 7.17. The third-order valence-corrected chi connectivity index (χ3v) is 1.97. The van der Waals surface area contributed by atoms with Crippen LogP contribution in [-0.2, 0) is 0 Å². The minimum Gasteiger partial charge on any atom is -0.465 e. The van der Waals surface area contributed by atoms with Gasteiger partial charge in [-0.3, -0.25) is 10.3 Å². The molecule has 0 saturated carbocycles. The van der Waals surface area contributed by atoms with E-state index < -0.39 is 11.8 Å². The monoisotopic (exact) mass is 228 g/mol. The lowest BCUT2D eigenvalue weighted by Gasteiger charge is -2.00. The summed E-state index contributed by atoms with van der Waals surface area (Å²) in [5.41, 5.74) is 0.0979. The number of halogens is 1. The van der Waals surface area contributed by atoms with Crippen molar-refractivity contribution >= 4 is 34.7 Å². The number of pyridine rings is 1. The Balaban J connectivity index is 2.61. The Morgan fingerprint density at radius 2 is 2.27 bits per heavy atom. The molecule has 4 N–H and O–H groups in total. The summed E-state index contributed by atoms with van der Waals surface area (Å²) in [6.45, 7) is 0. The summed E-state index contributed by atoms with van der Waals surface area (Å²) in [5.74, 6) is 0.0512. The van der Waals surface area contributed by atoms with E-state index in [1.54, 1.807) is 0 Å². The van der Waals surface area contributed by atoms with Crippen molar-refractivity contribution in [2.75, 3.05) is 5.32 Å². The van der Waals surface area contributed by atoms with Gasteiger partial charge in [0.2, 0.25) is 0 Å². The van der Waals surface area contributed by atoms with E-state index in [2.05, 4.69) is 15.0 Å². The van der Waals surface area contributed by atoms with Gasteiger partial charge in [-0.15, -0.1) is 0 Å². The molecule has 0 radical (unpaired) electrons. The Hall–Kier alpha value is -2.02. The topological polar surface area (TPSA) is 111 Å². The number of aromatic nitrogens is 3. The van der Waals surface area contributed by atoms with Crippen LogP contribution in [0.15, 0.2) is 10.9 Å². The minimum atomic E-state index is -1.25. The van der Waals surface area contributed by atoms with Gasteiger partial charge in [0.15, 0.2) is 5.65 Å². The highest BCUT2D eigenvalue weighted by Crippen LogP contribution is 2.21. The number of carbonyl (C=O) groups is 1. The van der Waals surface area contributed by atoms with Gasteiger partial charge in [0, 0.05) is 6.07 Å². The molecule has 0 spiro atoms. The molecule has 0 aromatic carbocycles. The van der Waals surface area contributed by atoms with Gasteiger partial charge in [-0.05, 0) is 0 Å². The lowest BCUT2D eigenvalue weighted by molar-refractivity contribution is 0.209. The van der Waals surface area contributed by atoms with Crippen molar-refractivity contribution < 1.29 is 9.90 Å². The van der Waals surface area contributed by atoms with E-state index in [1.807, 2.05) is 5.32 Å². The van der Waals surface area contributed by atoms with Gasteiger partial charge >= 0.3 is 11.8 Å². The molecule has 0 saturated heterocycles. The first-order chi connectivity index (χ1) is 7.06. The molecule has 0 unspecified atom stereocenters. The Kier molecular flexibility index (Phi) is 2.09. The van der Waals surface area contributed by atoms with Crippen molar-refractivity contribution in [1.29, 1.82) is 0 Å². The summed E-state index contributed by atoms with van der Waals surface area (Å²) in [6.07, 6.45) is -1.25. The van der Waals surface area contributed by atoms with Gasteiger partial charge in [0.05, 0.1) is 5.02 Å². The molecule has 8 heteroatoms. The summed E-state index contributed by atoms with van der Waals surface area (Å²) in [5, 5.41) is 10.7. The van der Waals surface area contributed by atoms with Crippen LogP contribution in [0.2, 0.25) is 5.02 Å². The molecule has 1 amide bonds. The van der Waals surface area contributed by atoms with E-state index in [4.69, 9.17) is 16.7 Å². The first-order valence-electron chi connectivity index (χ1n) is 3.85. The Bertz CT molecular complexity index is 587. The van der Waals surface area contributed by atoms with Crippen molar-refractivity contribution in [2.45, 2.75) is 0 Å². The Morgan fingerprint density at radius 1 is 1.53 bits per heavy atom. The number of hydrogen-bond acceptors (Lipinski definition) is 3. The summed E-state index contributed by atoms with van der Waals surface area (Å²) < 4.78 is 0. The molecule has 0 aliphatic carbocycles. The van der Waals surface area contributed by atoms with E-state index in [1.165, 1.54) is 6.07 Å². The summed E-state index contributed by atoms with van der Waals surface area (Å²) >= 11 is 5.80. The molecule has 2 aromatic heterocycles. The van der Waals surface area contributed by atoms with Crippen LogP contribution in [0, 0.1) is 0 Å². The molecule has 7 nitrogen and oxygen atoms in total. The number of nitrogens with zero attached hydrogens (tertiary/aromatic N) is 1. The van der Waals surface area contributed by atoms with Gasteiger partial charge in [-0.2, -0.15) is 0 Å². The predicted octanol–water partition coefficient (Wildman–Crippen LogP) is 0.994. The zero-order chi connectivity index (χ0) is 11.0. The highest BCUT2D eigenvalue weighted by atomic mass is 35.5. The maximum Gasteiger partial charge on any atom is 0.410 e. The average molecular weight is 229 g/mol. The van der Waals surface area contributed by atoms with Gasteiger partial charge < -0.3 is 10.1 Å². The normalized spacial score (nSPS) is 10.5. The molecule has 0 aliphatic rings. The van der Waals surface area contributed by atoms with Crippen molar-refractivity contribution in [3.63, 3.8) is 0 Å². The summed E-state index contributed by atoms with van der Waals surface area (Å²) in [6, 6.07) is 1.31. The number of fused-ring (bicyclic) bond motifs is 1. The minimum absolute atomic E-state index is 0.0512. The van der Waals surface area contributed by atoms with Crippen LogP contribution in [0.3, 0.4) is 0 Å². The third-order valence-electron chi connectivity index (χ3n) is 1.68. The number of aromatic amines is 2. The SMILES string of the molecule is O=C(O)Nc1cc(Cl)c2[nH]c(=O)[nH]c2n1.